The molecule has 1 unspecified atom stereocenters. The van der Waals surface area contributed by atoms with E-state index in [2.05, 4.69) is 20.4 Å². The van der Waals surface area contributed by atoms with E-state index in [4.69, 9.17) is 4.52 Å². The molecule has 0 bridgehead atoms. The number of alkyl halides is 3. The second kappa shape index (κ2) is 8.00. The average Bonchev–Trinajstić information content (AvgIpc) is 3.49. The first kappa shape index (κ1) is 22.2. The van der Waals surface area contributed by atoms with Gasteiger partial charge >= 0.3 is 6.18 Å². The lowest BCUT2D eigenvalue weighted by Gasteiger charge is -2.29. The summed E-state index contributed by atoms with van der Waals surface area (Å²) in [7, 11) is 0. The summed E-state index contributed by atoms with van der Waals surface area (Å²) in [5.41, 5.74) is 0.283. The zero-order valence-electron chi connectivity index (χ0n) is 17.2. The van der Waals surface area contributed by atoms with Gasteiger partial charge in [-0.1, -0.05) is 5.16 Å². The van der Waals surface area contributed by atoms with E-state index in [0.717, 1.165) is 10.3 Å². The Bertz CT molecular complexity index is 1250. The number of hydrogen-bond acceptors (Lipinski definition) is 10. The van der Waals surface area contributed by atoms with E-state index >= 15 is 0 Å². The van der Waals surface area contributed by atoms with Crippen LogP contribution in [0.25, 0.3) is 11.5 Å². The Labute approximate surface area is 192 Å². The van der Waals surface area contributed by atoms with Crippen LogP contribution in [0.2, 0.25) is 0 Å². The molecule has 1 atom stereocenters. The smallest absolute Gasteiger partial charge is 0.357 e. The van der Waals surface area contributed by atoms with Crippen LogP contribution in [0.15, 0.2) is 21.2 Å². The fourth-order valence-corrected chi connectivity index (χ4v) is 4.82. The number of piperidine rings is 1. The number of nitrogens with one attached hydrogen (secondary N) is 1. The monoisotopic (exact) mass is 496 g/mol. The van der Waals surface area contributed by atoms with Crippen LogP contribution in [0.1, 0.15) is 36.6 Å². The van der Waals surface area contributed by atoms with Gasteiger partial charge in [0.1, 0.15) is 17.4 Å². The Hall–Kier alpha value is -3.62. The summed E-state index contributed by atoms with van der Waals surface area (Å²) >= 11 is 0.406. The molecule has 15 heteroatoms. The lowest BCUT2D eigenvalue weighted by molar-refractivity contribution is -0.150. The van der Waals surface area contributed by atoms with Crippen LogP contribution in [0.5, 0.6) is 0 Å². The highest BCUT2D eigenvalue weighted by molar-refractivity contribution is 7.10. The summed E-state index contributed by atoms with van der Waals surface area (Å²) < 4.78 is 43.5. The molecule has 0 aromatic carbocycles. The third-order valence-electron chi connectivity index (χ3n) is 5.65. The van der Waals surface area contributed by atoms with E-state index in [9.17, 15) is 32.3 Å². The minimum atomic E-state index is -4.59. The van der Waals surface area contributed by atoms with Crippen molar-refractivity contribution in [1.29, 1.82) is 0 Å². The van der Waals surface area contributed by atoms with Crippen LogP contribution in [0.4, 0.5) is 13.2 Å². The summed E-state index contributed by atoms with van der Waals surface area (Å²) in [6.45, 7) is 0.317. The quantitative estimate of drug-likeness (QED) is 0.620. The molecule has 0 radical (unpaired) electrons. The normalized spacial score (nSPS) is 21.4. The summed E-state index contributed by atoms with van der Waals surface area (Å²) in [5, 5.41) is 5.94. The van der Waals surface area contributed by atoms with Gasteiger partial charge in [-0.05, 0) is 19.3 Å². The van der Waals surface area contributed by atoms with Crippen molar-refractivity contribution in [1.82, 2.24) is 30.2 Å². The maximum absolute atomic E-state index is 13.2. The van der Waals surface area contributed by atoms with Crippen molar-refractivity contribution in [2.45, 2.75) is 44.4 Å². The van der Waals surface area contributed by atoms with Crippen LogP contribution in [0.3, 0.4) is 0 Å². The second-order valence-electron chi connectivity index (χ2n) is 7.85. The number of carbonyl (C=O) groups is 4. The minimum Gasteiger partial charge on any atom is -0.357 e. The van der Waals surface area contributed by atoms with E-state index in [1.165, 1.54) is 0 Å². The number of aromatic nitrogens is 3. The topological polar surface area (TPSA) is 139 Å². The van der Waals surface area contributed by atoms with E-state index < -0.39 is 40.9 Å². The summed E-state index contributed by atoms with van der Waals surface area (Å²) in [6.07, 6.45) is -3.64. The van der Waals surface area contributed by atoms with Crippen LogP contribution in [-0.2, 0) is 31.9 Å². The van der Waals surface area contributed by atoms with Gasteiger partial charge in [-0.2, -0.15) is 18.2 Å². The number of imide groups is 2. The van der Waals surface area contributed by atoms with Crippen LogP contribution in [0, 0.1) is 0 Å². The van der Waals surface area contributed by atoms with Crippen molar-refractivity contribution in [3.05, 3.63) is 27.5 Å². The summed E-state index contributed by atoms with van der Waals surface area (Å²) in [4.78, 5) is 59.8. The number of halogens is 3. The summed E-state index contributed by atoms with van der Waals surface area (Å²) in [5.74, 6) is -2.51. The number of rotatable bonds is 4. The summed E-state index contributed by atoms with van der Waals surface area (Å²) in [6, 6.07) is -1.08. The van der Waals surface area contributed by atoms with Crippen molar-refractivity contribution in [2.75, 3.05) is 6.54 Å². The molecule has 34 heavy (non-hydrogen) atoms. The minimum absolute atomic E-state index is 0.0132. The number of nitrogens with zero attached hydrogens (tertiary/aromatic N) is 5. The maximum Gasteiger partial charge on any atom is 0.443 e. The predicted octanol–water partition coefficient (Wildman–Crippen LogP) is 1.24. The lowest BCUT2D eigenvalue weighted by Crippen LogP contribution is -2.55. The molecule has 2 aromatic rings. The van der Waals surface area contributed by atoms with E-state index in [0.29, 0.717) is 30.7 Å². The zero-order valence-corrected chi connectivity index (χ0v) is 18.0. The molecule has 5 heterocycles. The molecule has 178 valence electrons. The molecule has 5 rings (SSSR count). The van der Waals surface area contributed by atoms with Crippen molar-refractivity contribution in [2.24, 2.45) is 0 Å². The fraction of sp³-hybridized carbons (Fsp3) is 0.421. The van der Waals surface area contributed by atoms with Crippen molar-refractivity contribution < 1.29 is 36.9 Å². The Morgan fingerprint density at radius 1 is 1.15 bits per heavy atom. The van der Waals surface area contributed by atoms with Crippen molar-refractivity contribution in [3.63, 3.8) is 0 Å². The van der Waals surface area contributed by atoms with Gasteiger partial charge in [0.25, 0.3) is 11.8 Å². The third kappa shape index (κ3) is 3.74. The Balaban J connectivity index is 1.35. The molecule has 4 amide bonds. The second-order valence-corrected chi connectivity index (χ2v) is 8.70. The van der Waals surface area contributed by atoms with E-state index in [1.54, 1.807) is 4.90 Å². The first-order chi connectivity index (χ1) is 16.1. The maximum atomic E-state index is 13.2. The molecule has 2 aromatic heterocycles. The number of amides is 4. The Morgan fingerprint density at radius 3 is 2.65 bits per heavy atom. The van der Waals surface area contributed by atoms with E-state index in [1.807, 2.05) is 0 Å². The highest BCUT2D eigenvalue weighted by Gasteiger charge is 2.48. The molecule has 3 aliphatic rings. The molecule has 1 saturated heterocycles. The number of thiazole rings is 1. The van der Waals surface area contributed by atoms with Gasteiger partial charge in [-0.3, -0.25) is 29.4 Å². The first-order valence-corrected chi connectivity index (χ1v) is 11.1. The molecule has 0 saturated carbocycles. The molecule has 0 aliphatic carbocycles. The van der Waals surface area contributed by atoms with Gasteiger partial charge in [0.15, 0.2) is 5.01 Å². The largest absolute Gasteiger partial charge is 0.443 e. The van der Waals surface area contributed by atoms with Gasteiger partial charge in [0.2, 0.25) is 23.5 Å². The first-order valence-electron chi connectivity index (χ1n) is 10.2. The van der Waals surface area contributed by atoms with Crippen molar-refractivity contribution >= 4 is 35.0 Å². The Morgan fingerprint density at radius 2 is 1.94 bits per heavy atom. The molecule has 11 nitrogen and oxygen atoms in total. The van der Waals surface area contributed by atoms with Gasteiger partial charge in [-0.25, -0.2) is 4.98 Å². The molecule has 0 spiro atoms. The lowest BCUT2D eigenvalue weighted by atomic mass is 10.0. The number of hydrogen-bond donors (Lipinski definition) is 1. The molecular formula is C19H15F3N6O5S. The zero-order chi connectivity index (χ0) is 24.2. The Kier molecular flexibility index (Phi) is 5.22. The van der Waals surface area contributed by atoms with Crippen LogP contribution in [-0.4, -0.2) is 61.1 Å². The van der Waals surface area contributed by atoms with Crippen LogP contribution >= 0.6 is 11.3 Å². The third-order valence-corrected chi connectivity index (χ3v) is 6.53. The molecular weight excluding hydrogens is 481 g/mol. The molecule has 1 fully saturated rings. The highest BCUT2D eigenvalue weighted by Crippen LogP contribution is 2.36. The standard InChI is InChI=1S/C19H15F3N6O5S/c20-19(21,22)18-23-9(7-34-18)14-25-12(33-26-14)6-27-5-1-2-8-13(27)17(32)28(16(8)31)10-3-4-11(29)24-15(10)30/h7,10H,1-6H2,(H,24,29,30). The molecule has 1 N–H and O–H groups in total. The predicted molar refractivity (Wildman–Crippen MR) is 105 cm³/mol. The fourth-order valence-electron chi connectivity index (χ4n) is 4.15. The van der Waals surface area contributed by atoms with Gasteiger partial charge in [0, 0.05) is 23.9 Å². The average molecular weight is 496 g/mol. The van der Waals surface area contributed by atoms with Crippen LogP contribution < -0.4 is 5.32 Å². The number of carbonyl (C=O) groups excluding carboxylic acids is 4. The van der Waals surface area contributed by atoms with Gasteiger partial charge in [0.05, 0.1) is 6.54 Å². The highest BCUT2D eigenvalue weighted by atomic mass is 32.1. The van der Waals surface area contributed by atoms with Gasteiger partial charge < -0.3 is 9.42 Å². The SMILES string of the molecule is O=C1CCC(N2C(=O)C3=C(C2=O)N(Cc2nc(-c4csc(C(F)(F)F)n4)no2)CCC3)C(=O)N1. The molecule has 3 aliphatic heterocycles. The van der Waals surface area contributed by atoms with Gasteiger partial charge in [-0.15, -0.1) is 11.3 Å². The van der Waals surface area contributed by atoms with Crippen molar-refractivity contribution in [3.8, 4) is 11.5 Å². The van der Waals surface area contributed by atoms with E-state index in [-0.39, 0.29) is 48.1 Å².